The van der Waals surface area contributed by atoms with Crippen molar-refractivity contribution in [3.8, 4) is 17.1 Å². The SMILES string of the molecule is FC(F)(F)Sc1cccc(COc2ccc(-c3ccn[nH]3)nc2)c1. The molecule has 0 saturated carbocycles. The van der Waals surface area contributed by atoms with E-state index in [2.05, 4.69) is 15.2 Å². The van der Waals surface area contributed by atoms with Gasteiger partial charge in [-0.15, -0.1) is 0 Å². The minimum absolute atomic E-state index is 0.135. The zero-order chi connectivity index (χ0) is 17.0. The van der Waals surface area contributed by atoms with Crippen molar-refractivity contribution in [2.75, 3.05) is 0 Å². The molecule has 0 bridgehead atoms. The standard InChI is InChI=1S/C16H12F3N3OS/c17-16(18,19)24-13-3-1-2-11(8-13)10-23-12-4-5-14(20-9-12)15-6-7-21-22-15/h1-9H,10H2,(H,21,22). The lowest BCUT2D eigenvalue weighted by atomic mass is 10.2. The summed E-state index contributed by atoms with van der Waals surface area (Å²) in [4.78, 5) is 4.39. The molecule has 0 unspecified atom stereocenters. The van der Waals surface area contributed by atoms with Crippen molar-refractivity contribution < 1.29 is 17.9 Å². The van der Waals surface area contributed by atoms with Gasteiger partial charge in [-0.2, -0.15) is 18.3 Å². The summed E-state index contributed by atoms with van der Waals surface area (Å²) in [5.74, 6) is 0.534. The van der Waals surface area contributed by atoms with Crippen LogP contribution in [0.1, 0.15) is 5.56 Å². The second-order valence-electron chi connectivity index (χ2n) is 4.83. The Morgan fingerprint density at radius 2 is 2.00 bits per heavy atom. The minimum atomic E-state index is -4.30. The number of nitrogens with zero attached hydrogens (tertiary/aromatic N) is 2. The summed E-state index contributed by atoms with van der Waals surface area (Å²) in [6.45, 7) is 0.164. The number of alkyl halides is 3. The summed E-state index contributed by atoms with van der Waals surface area (Å²) in [5.41, 5.74) is -2.13. The Kier molecular flexibility index (Phi) is 4.75. The van der Waals surface area contributed by atoms with Gasteiger partial charge in [0.15, 0.2) is 0 Å². The topological polar surface area (TPSA) is 50.8 Å². The molecule has 124 valence electrons. The highest BCUT2D eigenvalue weighted by atomic mass is 32.2. The quantitative estimate of drug-likeness (QED) is 0.679. The third-order valence-corrected chi connectivity index (χ3v) is 3.77. The third kappa shape index (κ3) is 4.51. The van der Waals surface area contributed by atoms with E-state index in [1.54, 1.807) is 42.7 Å². The highest BCUT2D eigenvalue weighted by Crippen LogP contribution is 2.37. The number of ether oxygens (including phenoxy) is 1. The number of halogens is 3. The number of benzene rings is 1. The second-order valence-corrected chi connectivity index (χ2v) is 5.97. The van der Waals surface area contributed by atoms with Gasteiger partial charge in [-0.1, -0.05) is 12.1 Å². The lowest BCUT2D eigenvalue weighted by Gasteiger charge is -2.09. The van der Waals surface area contributed by atoms with Gasteiger partial charge in [0.2, 0.25) is 0 Å². The molecule has 3 rings (SSSR count). The van der Waals surface area contributed by atoms with Gasteiger partial charge in [0.05, 0.1) is 17.6 Å². The lowest BCUT2D eigenvalue weighted by Crippen LogP contribution is -2.00. The molecule has 1 N–H and O–H groups in total. The van der Waals surface area contributed by atoms with Crippen molar-refractivity contribution >= 4 is 11.8 Å². The van der Waals surface area contributed by atoms with Crippen molar-refractivity contribution in [2.24, 2.45) is 0 Å². The molecule has 1 aromatic carbocycles. The van der Waals surface area contributed by atoms with Crippen LogP contribution in [0.3, 0.4) is 0 Å². The molecule has 0 aliphatic rings. The highest BCUT2D eigenvalue weighted by Gasteiger charge is 2.29. The average molecular weight is 351 g/mol. The molecule has 0 fully saturated rings. The number of nitrogens with one attached hydrogen (secondary N) is 1. The summed E-state index contributed by atoms with van der Waals surface area (Å²) in [5, 5.41) is 6.66. The van der Waals surface area contributed by atoms with Gasteiger partial charge in [-0.25, -0.2) is 0 Å². The third-order valence-electron chi connectivity index (χ3n) is 3.05. The zero-order valence-electron chi connectivity index (χ0n) is 12.2. The summed E-state index contributed by atoms with van der Waals surface area (Å²) in [6.07, 6.45) is 3.19. The highest BCUT2D eigenvalue weighted by molar-refractivity contribution is 8.00. The van der Waals surface area contributed by atoms with E-state index >= 15 is 0 Å². The van der Waals surface area contributed by atoms with Crippen molar-refractivity contribution in [2.45, 2.75) is 17.0 Å². The van der Waals surface area contributed by atoms with Gasteiger partial charge in [0.25, 0.3) is 0 Å². The van der Waals surface area contributed by atoms with Crippen LogP contribution in [0.4, 0.5) is 13.2 Å². The van der Waals surface area contributed by atoms with Crippen molar-refractivity contribution in [1.29, 1.82) is 0 Å². The van der Waals surface area contributed by atoms with Crippen LogP contribution >= 0.6 is 11.8 Å². The smallest absolute Gasteiger partial charge is 0.446 e. The number of rotatable bonds is 5. The Bertz CT molecular complexity index is 789. The Labute approximate surface area is 140 Å². The minimum Gasteiger partial charge on any atom is -0.487 e. The summed E-state index contributed by atoms with van der Waals surface area (Å²) in [6, 6.07) is 11.5. The molecule has 0 atom stereocenters. The van der Waals surface area contributed by atoms with E-state index in [1.807, 2.05) is 0 Å². The molecular formula is C16H12F3N3OS. The van der Waals surface area contributed by atoms with Gasteiger partial charge in [0.1, 0.15) is 12.4 Å². The number of pyridine rings is 1. The number of aromatic nitrogens is 3. The van der Waals surface area contributed by atoms with Crippen LogP contribution in [0.5, 0.6) is 5.75 Å². The molecule has 24 heavy (non-hydrogen) atoms. The maximum atomic E-state index is 12.4. The average Bonchev–Trinajstić information content (AvgIpc) is 3.07. The van der Waals surface area contributed by atoms with Gasteiger partial charge < -0.3 is 4.74 Å². The maximum absolute atomic E-state index is 12.4. The van der Waals surface area contributed by atoms with Crippen LogP contribution in [0.2, 0.25) is 0 Å². The van der Waals surface area contributed by atoms with E-state index in [9.17, 15) is 13.2 Å². The van der Waals surface area contributed by atoms with Crippen molar-refractivity contribution in [1.82, 2.24) is 15.2 Å². The van der Waals surface area contributed by atoms with E-state index in [0.717, 1.165) is 11.4 Å². The van der Waals surface area contributed by atoms with Crippen LogP contribution in [0.25, 0.3) is 11.4 Å². The van der Waals surface area contributed by atoms with Gasteiger partial charge in [-0.05, 0) is 47.7 Å². The Hall–Kier alpha value is -2.48. The molecule has 8 heteroatoms. The first-order valence-corrected chi connectivity index (χ1v) is 7.74. The van der Waals surface area contributed by atoms with Crippen LogP contribution in [0, 0.1) is 0 Å². The maximum Gasteiger partial charge on any atom is 0.446 e. The monoisotopic (exact) mass is 351 g/mol. The Morgan fingerprint density at radius 3 is 2.67 bits per heavy atom. The molecule has 2 aromatic heterocycles. The first-order valence-electron chi connectivity index (χ1n) is 6.93. The van der Waals surface area contributed by atoms with Crippen molar-refractivity contribution in [3.63, 3.8) is 0 Å². The van der Waals surface area contributed by atoms with E-state index in [4.69, 9.17) is 4.74 Å². The zero-order valence-corrected chi connectivity index (χ0v) is 13.1. The Balaban J connectivity index is 1.62. The number of aromatic amines is 1. The van der Waals surface area contributed by atoms with Gasteiger partial charge >= 0.3 is 5.51 Å². The molecule has 0 aliphatic carbocycles. The second kappa shape index (κ2) is 6.96. The predicted octanol–water partition coefficient (Wildman–Crippen LogP) is 4.66. The summed E-state index contributed by atoms with van der Waals surface area (Å²) < 4.78 is 42.8. The molecule has 2 heterocycles. The van der Waals surface area contributed by atoms with E-state index in [1.165, 1.54) is 12.1 Å². The molecule has 3 aromatic rings. The number of H-pyrrole nitrogens is 1. The van der Waals surface area contributed by atoms with E-state index < -0.39 is 5.51 Å². The molecule has 0 saturated heterocycles. The van der Waals surface area contributed by atoms with Gasteiger partial charge in [-0.3, -0.25) is 10.1 Å². The fourth-order valence-electron chi connectivity index (χ4n) is 2.02. The molecule has 0 aliphatic heterocycles. The van der Waals surface area contributed by atoms with E-state index in [0.29, 0.717) is 11.3 Å². The molecular weight excluding hydrogens is 339 g/mol. The number of hydrogen-bond donors (Lipinski definition) is 1. The first kappa shape index (κ1) is 16.4. The summed E-state index contributed by atoms with van der Waals surface area (Å²) in [7, 11) is 0. The summed E-state index contributed by atoms with van der Waals surface area (Å²) >= 11 is -0.140. The number of thioether (sulfide) groups is 1. The van der Waals surface area contributed by atoms with Crippen LogP contribution in [-0.4, -0.2) is 20.7 Å². The van der Waals surface area contributed by atoms with E-state index in [-0.39, 0.29) is 23.3 Å². The Morgan fingerprint density at radius 1 is 1.12 bits per heavy atom. The van der Waals surface area contributed by atoms with Crippen LogP contribution < -0.4 is 4.74 Å². The molecule has 0 radical (unpaired) electrons. The molecule has 0 spiro atoms. The lowest BCUT2D eigenvalue weighted by molar-refractivity contribution is -0.0328. The van der Waals surface area contributed by atoms with Crippen LogP contribution in [0.15, 0.2) is 59.8 Å². The van der Waals surface area contributed by atoms with Gasteiger partial charge in [0, 0.05) is 11.1 Å². The largest absolute Gasteiger partial charge is 0.487 e. The molecule has 4 nitrogen and oxygen atoms in total. The fraction of sp³-hybridized carbons (Fsp3) is 0.125. The van der Waals surface area contributed by atoms with Crippen molar-refractivity contribution in [3.05, 3.63) is 60.4 Å². The normalized spacial score (nSPS) is 11.5. The molecule has 0 amide bonds. The van der Waals surface area contributed by atoms with Crippen LogP contribution in [-0.2, 0) is 6.61 Å². The first-order chi connectivity index (χ1) is 11.5. The fourth-order valence-corrected chi connectivity index (χ4v) is 2.65. The predicted molar refractivity (Wildman–Crippen MR) is 84.5 cm³/mol. The number of hydrogen-bond acceptors (Lipinski definition) is 4.